The number of aryl methyl sites for hydroxylation is 1. The second-order valence-corrected chi connectivity index (χ2v) is 4.69. The first-order chi connectivity index (χ1) is 8.60. The average molecular weight is 259 g/mol. The van der Waals surface area contributed by atoms with E-state index in [2.05, 4.69) is 11.1 Å². The maximum absolute atomic E-state index is 11.6. The molecule has 1 aromatic carbocycles. The van der Waals surface area contributed by atoms with Gasteiger partial charge in [0, 0.05) is 24.8 Å². The molecule has 5 heteroatoms. The van der Waals surface area contributed by atoms with Gasteiger partial charge in [0.15, 0.2) is 0 Å². The Morgan fingerprint density at radius 1 is 1.50 bits per heavy atom. The monoisotopic (exact) mass is 259 g/mol. The number of hydrogen-bond acceptors (Lipinski definition) is 3. The molecule has 0 unspecified atom stereocenters. The van der Waals surface area contributed by atoms with Gasteiger partial charge in [-0.3, -0.25) is 9.10 Å². The van der Waals surface area contributed by atoms with Gasteiger partial charge in [0.05, 0.1) is 16.8 Å². The minimum atomic E-state index is -0.0410. The molecule has 0 saturated heterocycles. The van der Waals surface area contributed by atoms with E-state index in [0.717, 1.165) is 22.2 Å². The van der Waals surface area contributed by atoms with Crippen LogP contribution >= 0.6 is 11.9 Å². The molecule has 0 aliphatic rings. The molecule has 0 atom stereocenters. The number of carbonyl (C=O) groups is 1. The van der Waals surface area contributed by atoms with Crippen LogP contribution in [0.1, 0.15) is 18.1 Å². The predicted molar refractivity (Wildman–Crippen MR) is 74.4 cm³/mol. The molecular formula is C13H13N3OS. The van der Waals surface area contributed by atoms with Crippen LogP contribution < -0.4 is 4.31 Å². The number of fused-ring (bicyclic) bond motifs is 1. The molecule has 0 bridgehead atoms. The highest BCUT2D eigenvalue weighted by atomic mass is 32.2. The van der Waals surface area contributed by atoms with Crippen LogP contribution in [0, 0.1) is 18.3 Å². The lowest BCUT2D eigenvalue weighted by atomic mass is 10.1. The molecule has 0 radical (unpaired) electrons. The number of amides is 1. The van der Waals surface area contributed by atoms with Crippen LogP contribution in [0.4, 0.5) is 5.69 Å². The van der Waals surface area contributed by atoms with Crippen molar-refractivity contribution in [2.45, 2.75) is 13.8 Å². The molecular weight excluding hydrogens is 246 g/mol. The summed E-state index contributed by atoms with van der Waals surface area (Å²) in [7, 11) is 0. The molecule has 0 aliphatic carbocycles. The van der Waals surface area contributed by atoms with Gasteiger partial charge < -0.3 is 4.98 Å². The fourth-order valence-corrected chi connectivity index (χ4v) is 2.67. The molecule has 4 nitrogen and oxygen atoms in total. The van der Waals surface area contributed by atoms with E-state index in [1.165, 1.54) is 18.9 Å². The van der Waals surface area contributed by atoms with E-state index >= 15 is 0 Å². The zero-order chi connectivity index (χ0) is 13.3. The highest BCUT2D eigenvalue weighted by Gasteiger charge is 2.17. The Morgan fingerprint density at radius 2 is 2.22 bits per heavy atom. The van der Waals surface area contributed by atoms with Crippen LogP contribution in [-0.4, -0.2) is 17.1 Å². The number of nitrogens with one attached hydrogen (secondary N) is 1. The molecule has 1 aromatic heterocycles. The number of H-pyrrole nitrogens is 1. The summed E-state index contributed by atoms with van der Waals surface area (Å²) in [6, 6.07) is 5.99. The van der Waals surface area contributed by atoms with E-state index in [1.54, 1.807) is 10.5 Å². The molecule has 1 N–H and O–H groups in total. The smallest absolute Gasteiger partial charge is 0.234 e. The molecule has 1 heterocycles. The second kappa shape index (κ2) is 4.75. The molecule has 0 fully saturated rings. The summed E-state index contributed by atoms with van der Waals surface area (Å²) in [5, 5.41) is 9.97. The topological polar surface area (TPSA) is 59.9 Å². The number of anilines is 1. The maximum atomic E-state index is 11.6. The van der Waals surface area contributed by atoms with Crippen molar-refractivity contribution in [1.82, 2.24) is 4.98 Å². The molecule has 1 amide bonds. The van der Waals surface area contributed by atoms with Crippen molar-refractivity contribution in [1.29, 1.82) is 5.26 Å². The maximum Gasteiger partial charge on any atom is 0.234 e. The Labute approximate surface area is 110 Å². The first kappa shape index (κ1) is 12.5. The van der Waals surface area contributed by atoms with Gasteiger partial charge in [0.2, 0.25) is 5.91 Å². The summed E-state index contributed by atoms with van der Waals surface area (Å²) in [6.45, 7) is 3.48. The molecule has 0 aliphatic heterocycles. The molecule has 0 saturated carbocycles. The fraction of sp³-hybridized carbons (Fsp3) is 0.231. The van der Waals surface area contributed by atoms with E-state index < -0.39 is 0 Å². The minimum absolute atomic E-state index is 0.0410. The van der Waals surface area contributed by atoms with Gasteiger partial charge in [0.1, 0.15) is 6.07 Å². The van der Waals surface area contributed by atoms with Gasteiger partial charge in [-0.25, -0.2) is 0 Å². The van der Waals surface area contributed by atoms with Gasteiger partial charge in [-0.15, -0.1) is 0 Å². The number of hydrogen-bond donors (Lipinski definition) is 1. The lowest BCUT2D eigenvalue weighted by Crippen LogP contribution is -2.20. The largest absolute Gasteiger partial charge is 0.358 e. The van der Waals surface area contributed by atoms with Crippen LogP contribution in [0.2, 0.25) is 0 Å². The number of rotatable bonds is 2. The summed E-state index contributed by atoms with van der Waals surface area (Å²) in [4.78, 5) is 14.7. The zero-order valence-electron chi connectivity index (χ0n) is 10.4. The molecule has 92 valence electrons. The van der Waals surface area contributed by atoms with Crippen LogP contribution in [0.15, 0.2) is 18.3 Å². The van der Waals surface area contributed by atoms with Crippen LogP contribution in [0.3, 0.4) is 0 Å². The Kier molecular flexibility index (Phi) is 3.30. The number of carbonyl (C=O) groups excluding carboxylic acids is 1. The number of nitriles is 1. The third kappa shape index (κ3) is 1.85. The Morgan fingerprint density at radius 3 is 2.78 bits per heavy atom. The predicted octanol–water partition coefficient (Wildman–Crippen LogP) is 2.98. The third-order valence-electron chi connectivity index (χ3n) is 2.83. The highest BCUT2D eigenvalue weighted by molar-refractivity contribution is 8.00. The van der Waals surface area contributed by atoms with Crippen molar-refractivity contribution in [2.24, 2.45) is 0 Å². The van der Waals surface area contributed by atoms with Gasteiger partial charge in [-0.05, 0) is 30.5 Å². The molecule has 2 aromatic rings. The van der Waals surface area contributed by atoms with E-state index in [1.807, 2.05) is 25.3 Å². The molecule has 2 rings (SSSR count). The van der Waals surface area contributed by atoms with Gasteiger partial charge in [-0.2, -0.15) is 5.26 Å². The Hall–Kier alpha value is -1.93. The number of aromatic amines is 1. The quantitative estimate of drug-likeness (QED) is 0.843. The number of benzene rings is 1. The van der Waals surface area contributed by atoms with Crippen LogP contribution in [0.5, 0.6) is 0 Å². The van der Waals surface area contributed by atoms with Crippen molar-refractivity contribution >= 4 is 34.4 Å². The van der Waals surface area contributed by atoms with Crippen molar-refractivity contribution < 1.29 is 4.79 Å². The summed E-state index contributed by atoms with van der Waals surface area (Å²) < 4.78 is 1.61. The van der Waals surface area contributed by atoms with Crippen LogP contribution in [0.25, 0.3) is 10.9 Å². The van der Waals surface area contributed by atoms with Crippen molar-refractivity contribution in [3.05, 3.63) is 29.5 Å². The van der Waals surface area contributed by atoms with Gasteiger partial charge >= 0.3 is 0 Å². The number of aromatic nitrogens is 1. The summed E-state index contributed by atoms with van der Waals surface area (Å²) in [5.41, 5.74) is 3.25. The van der Waals surface area contributed by atoms with E-state index in [9.17, 15) is 4.79 Å². The third-order valence-corrected chi connectivity index (χ3v) is 3.65. The first-order valence-corrected chi connectivity index (χ1v) is 6.64. The van der Waals surface area contributed by atoms with E-state index in [0.29, 0.717) is 5.56 Å². The number of nitrogens with zero attached hydrogens (tertiary/aromatic N) is 2. The lowest BCUT2D eigenvalue weighted by molar-refractivity contribution is -0.115. The standard InChI is InChI=1S/C13H13N3OS/c1-8-4-5-11(16(18-3)9(2)17)13-12(8)10(6-14)7-15-13/h4-5,7,15H,1-3H3. The molecule has 0 spiro atoms. The SMILES string of the molecule is CSN(C(C)=O)c1ccc(C)c2c(C#N)c[nH]c12. The van der Waals surface area contributed by atoms with Crippen molar-refractivity contribution in [2.75, 3.05) is 10.6 Å². The van der Waals surface area contributed by atoms with Gasteiger partial charge in [-0.1, -0.05) is 6.07 Å². The summed E-state index contributed by atoms with van der Waals surface area (Å²) >= 11 is 1.35. The fourth-order valence-electron chi connectivity index (χ4n) is 2.06. The van der Waals surface area contributed by atoms with E-state index in [4.69, 9.17) is 5.26 Å². The molecule has 18 heavy (non-hydrogen) atoms. The van der Waals surface area contributed by atoms with Crippen molar-refractivity contribution in [3.63, 3.8) is 0 Å². The Bertz CT molecular complexity index is 654. The lowest BCUT2D eigenvalue weighted by Gasteiger charge is -2.18. The average Bonchev–Trinajstić information content (AvgIpc) is 2.77. The zero-order valence-corrected chi connectivity index (χ0v) is 11.3. The minimum Gasteiger partial charge on any atom is -0.358 e. The Balaban J connectivity index is 2.75. The summed E-state index contributed by atoms with van der Waals surface area (Å²) in [6.07, 6.45) is 3.53. The highest BCUT2D eigenvalue weighted by Crippen LogP contribution is 2.33. The van der Waals surface area contributed by atoms with Gasteiger partial charge in [0.25, 0.3) is 0 Å². The normalized spacial score (nSPS) is 10.3. The van der Waals surface area contributed by atoms with Crippen LogP contribution in [-0.2, 0) is 4.79 Å². The van der Waals surface area contributed by atoms with Crippen molar-refractivity contribution in [3.8, 4) is 6.07 Å². The first-order valence-electron chi connectivity index (χ1n) is 5.45. The van der Waals surface area contributed by atoms with E-state index in [-0.39, 0.29) is 5.91 Å². The summed E-state index contributed by atoms with van der Waals surface area (Å²) in [5.74, 6) is -0.0410. The second-order valence-electron chi connectivity index (χ2n) is 3.96.